The summed E-state index contributed by atoms with van der Waals surface area (Å²) in [5, 5.41) is 0. The zero-order valence-corrected chi connectivity index (χ0v) is 4.69. The molecule has 0 spiro atoms. The minimum absolute atomic E-state index is 0. The predicted molar refractivity (Wildman–Crippen MR) is 29.8 cm³/mol. The number of carbonyl (C=O) groups excluding carboxylic acids is 1. The molecule has 7 heavy (non-hydrogen) atoms. The van der Waals surface area contributed by atoms with Crippen LogP contribution in [0.15, 0.2) is 12.2 Å². The van der Waals surface area contributed by atoms with Crippen molar-refractivity contribution >= 4 is 24.8 Å². The Kier molecular flexibility index (Phi) is 5.65. The number of hydrogen-bond donors (Lipinski definition) is 1. The molecule has 0 unspecified atom stereocenters. The molecule has 0 atom stereocenters. The van der Waals surface area contributed by atoms with Gasteiger partial charge in [-0.3, -0.25) is 4.79 Å². The van der Waals surface area contributed by atoms with Crippen LogP contribution in [0, 0.1) is 0 Å². The van der Waals surface area contributed by atoms with E-state index in [9.17, 15) is 4.79 Å². The van der Waals surface area contributed by atoms with E-state index in [2.05, 4.69) is 6.58 Å². The molecule has 0 saturated carbocycles. The van der Waals surface area contributed by atoms with Crippen LogP contribution in [0.1, 0.15) is 6.92 Å². The summed E-state index contributed by atoms with van der Waals surface area (Å²) in [5.41, 5.74) is 5.09. The molecule has 0 aliphatic rings. The van der Waals surface area contributed by atoms with Crippen LogP contribution in [0.3, 0.4) is 0 Å². The van der Waals surface area contributed by atoms with Crippen molar-refractivity contribution in [2.75, 3.05) is 0 Å². The van der Waals surface area contributed by atoms with Gasteiger partial charge in [0.05, 0.1) is 0 Å². The minimum Gasteiger partial charge on any atom is -0.366 e. The van der Waals surface area contributed by atoms with E-state index in [-0.39, 0.29) is 18.9 Å². The zero-order chi connectivity index (χ0) is 5.15. The molecule has 0 saturated heterocycles. The number of hydrogen-bond acceptors (Lipinski definition) is 1. The van der Waals surface area contributed by atoms with Crippen molar-refractivity contribution in [3.8, 4) is 0 Å². The largest absolute Gasteiger partial charge is 0.366 e. The third-order valence-electron chi connectivity index (χ3n) is 0.421. The molecule has 0 aromatic rings. The fraction of sp³-hybridized carbons (Fsp3) is 0.250. The van der Waals surface area contributed by atoms with Crippen molar-refractivity contribution in [3.63, 3.8) is 0 Å². The molecule has 2 N–H and O–H groups in total. The minimum atomic E-state index is -0.435. The summed E-state index contributed by atoms with van der Waals surface area (Å²) in [5.74, 6) is -0.435. The van der Waals surface area contributed by atoms with Crippen LogP contribution in [0.25, 0.3) is 0 Å². The molecule has 0 heterocycles. The van der Waals surface area contributed by atoms with Crippen LogP contribution < -0.4 is 5.73 Å². The van der Waals surface area contributed by atoms with Crippen molar-refractivity contribution in [2.45, 2.75) is 6.92 Å². The van der Waals surface area contributed by atoms with Gasteiger partial charge in [-0.05, 0) is 6.92 Å². The standard InChI is InChI=1S/C4H7NO.Li/c1-3(2)4(5)6;/h1H2,2H3,(H2,5,6);. The Labute approximate surface area is 54.9 Å². The molecule has 3 heteroatoms. The first-order valence-electron chi connectivity index (χ1n) is 1.60. The van der Waals surface area contributed by atoms with Crippen LogP contribution in [0.4, 0.5) is 0 Å². The summed E-state index contributed by atoms with van der Waals surface area (Å²) >= 11 is 0. The van der Waals surface area contributed by atoms with Crippen LogP contribution in [0.2, 0.25) is 0 Å². The second kappa shape index (κ2) is 3.98. The molecular weight excluding hydrogens is 85.0 g/mol. The zero-order valence-electron chi connectivity index (χ0n) is 4.69. The summed E-state index contributed by atoms with van der Waals surface area (Å²) < 4.78 is 0. The van der Waals surface area contributed by atoms with E-state index in [4.69, 9.17) is 5.73 Å². The van der Waals surface area contributed by atoms with E-state index in [1.165, 1.54) is 0 Å². The molecule has 0 fully saturated rings. The van der Waals surface area contributed by atoms with E-state index in [1.807, 2.05) is 0 Å². The van der Waals surface area contributed by atoms with Crippen molar-refractivity contribution < 1.29 is 4.79 Å². The Hall–Kier alpha value is -0.193. The second-order valence-electron chi connectivity index (χ2n) is 1.14. The molecule has 0 bridgehead atoms. The smallest absolute Gasteiger partial charge is 0.243 e. The van der Waals surface area contributed by atoms with Crippen LogP contribution in [0.5, 0.6) is 0 Å². The van der Waals surface area contributed by atoms with Crippen molar-refractivity contribution in [2.24, 2.45) is 5.73 Å². The first kappa shape index (κ1) is 9.93. The molecule has 0 aromatic heterocycles. The van der Waals surface area contributed by atoms with Crippen molar-refractivity contribution in [1.29, 1.82) is 0 Å². The SMILES string of the molecule is C=C(C)C(N)=O.[Li]. The van der Waals surface area contributed by atoms with Gasteiger partial charge in [-0.1, -0.05) is 6.58 Å². The number of carbonyl (C=O) groups is 1. The van der Waals surface area contributed by atoms with Gasteiger partial charge >= 0.3 is 0 Å². The Balaban J connectivity index is 0. The van der Waals surface area contributed by atoms with Gasteiger partial charge in [-0.15, -0.1) is 0 Å². The average molecular weight is 92.0 g/mol. The third-order valence-corrected chi connectivity index (χ3v) is 0.421. The molecule has 1 radical (unpaired) electrons. The number of nitrogens with two attached hydrogens (primary N) is 1. The average Bonchev–Trinajstić information content (AvgIpc) is 1.36. The molecular formula is C4H7LiNO. The summed E-state index contributed by atoms with van der Waals surface area (Å²) in [6.07, 6.45) is 0. The normalized spacial score (nSPS) is 6.43. The van der Waals surface area contributed by atoms with Crippen molar-refractivity contribution in [1.82, 2.24) is 0 Å². The van der Waals surface area contributed by atoms with Gasteiger partial charge in [-0.25, -0.2) is 0 Å². The summed E-state index contributed by atoms with van der Waals surface area (Å²) in [4.78, 5) is 9.82. The molecule has 35 valence electrons. The maximum atomic E-state index is 9.82. The van der Waals surface area contributed by atoms with Crippen molar-refractivity contribution in [3.05, 3.63) is 12.2 Å². The first-order chi connectivity index (χ1) is 2.64. The molecule has 1 amide bonds. The Morgan fingerprint density at radius 2 is 1.86 bits per heavy atom. The van der Waals surface area contributed by atoms with Gasteiger partial charge in [0.1, 0.15) is 0 Å². The number of rotatable bonds is 1. The van der Waals surface area contributed by atoms with E-state index >= 15 is 0 Å². The van der Waals surface area contributed by atoms with Gasteiger partial charge in [0.15, 0.2) is 0 Å². The Morgan fingerprint density at radius 1 is 1.71 bits per heavy atom. The van der Waals surface area contributed by atoms with Crippen LogP contribution in [-0.4, -0.2) is 24.8 Å². The fourth-order valence-corrected chi connectivity index (χ4v) is 0. The van der Waals surface area contributed by atoms with E-state index in [1.54, 1.807) is 6.92 Å². The molecule has 0 aliphatic carbocycles. The summed E-state index contributed by atoms with van der Waals surface area (Å²) in [7, 11) is 0. The van der Waals surface area contributed by atoms with E-state index in [0.717, 1.165) is 0 Å². The third kappa shape index (κ3) is 5.81. The number of primary amides is 1. The molecule has 0 aliphatic heterocycles. The molecule has 0 aromatic carbocycles. The van der Waals surface area contributed by atoms with Crippen LogP contribution in [-0.2, 0) is 4.79 Å². The maximum absolute atomic E-state index is 9.82. The van der Waals surface area contributed by atoms with E-state index in [0.29, 0.717) is 5.57 Å². The second-order valence-corrected chi connectivity index (χ2v) is 1.14. The monoisotopic (exact) mass is 92.1 g/mol. The Bertz CT molecular complexity index is 77.7. The summed E-state index contributed by atoms with van der Waals surface area (Å²) in [6, 6.07) is 0. The van der Waals surface area contributed by atoms with Gasteiger partial charge in [0, 0.05) is 24.4 Å². The molecule has 0 rings (SSSR count). The Morgan fingerprint density at radius 3 is 1.86 bits per heavy atom. The fourth-order valence-electron chi connectivity index (χ4n) is 0. The van der Waals surface area contributed by atoms with Gasteiger partial charge in [0.25, 0.3) is 0 Å². The number of amides is 1. The van der Waals surface area contributed by atoms with E-state index < -0.39 is 5.91 Å². The predicted octanol–water partition coefficient (Wildman–Crippen LogP) is -0.333. The first-order valence-corrected chi connectivity index (χ1v) is 1.60. The molecule has 2 nitrogen and oxygen atoms in total. The topological polar surface area (TPSA) is 43.1 Å². The van der Waals surface area contributed by atoms with Gasteiger partial charge < -0.3 is 5.73 Å². The van der Waals surface area contributed by atoms with Crippen LogP contribution >= 0.6 is 0 Å². The summed E-state index contributed by atoms with van der Waals surface area (Å²) in [6.45, 7) is 4.85. The van der Waals surface area contributed by atoms with Gasteiger partial charge in [0.2, 0.25) is 5.91 Å². The quantitative estimate of drug-likeness (QED) is 0.349. The van der Waals surface area contributed by atoms with Gasteiger partial charge in [-0.2, -0.15) is 0 Å². The maximum Gasteiger partial charge on any atom is 0.243 e.